The van der Waals surface area contributed by atoms with Gasteiger partial charge in [-0.05, 0) is 38.4 Å². The summed E-state index contributed by atoms with van der Waals surface area (Å²) in [6, 6.07) is 7.35. The maximum atomic E-state index is 12.5. The van der Waals surface area contributed by atoms with Crippen molar-refractivity contribution in [2.24, 2.45) is 0 Å². The van der Waals surface area contributed by atoms with Crippen molar-refractivity contribution in [3.8, 4) is 0 Å². The lowest BCUT2D eigenvalue weighted by Crippen LogP contribution is -2.49. The van der Waals surface area contributed by atoms with E-state index in [4.69, 9.17) is 0 Å². The number of amides is 1. The summed E-state index contributed by atoms with van der Waals surface area (Å²) in [4.78, 5) is 28.7. The average Bonchev–Trinajstić information content (AvgIpc) is 2.83. The molecule has 0 radical (unpaired) electrons. The molecule has 0 N–H and O–H groups in total. The lowest BCUT2D eigenvalue weighted by Gasteiger charge is -2.33. The SMILES string of the molecule is CCS(=O)(=O)N1CCN(CCCCN2C(=O)CCC(=O)c3ccccc32)CC1. The number of carbonyl (C=O) groups is 2. The molecule has 0 unspecified atom stereocenters. The summed E-state index contributed by atoms with van der Waals surface area (Å²) in [5, 5.41) is 0. The highest BCUT2D eigenvalue weighted by atomic mass is 32.2. The summed E-state index contributed by atoms with van der Waals surface area (Å²) in [6.07, 6.45) is 2.32. The van der Waals surface area contributed by atoms with E-state index < -0.39 is 10.0 Å². The number of ketones is 1. The van der Waals surface area contributed by atoms with Crippen molar-refractivity contribution in [1.82, 2.24) is 9.21 Å². The summed E-state index contributed by atoms with van der Waals surface area (Å²) < 4.78 is 25.4. The molecule has 154 valence electrons. The van der Waals surface area contributed by atoms with Crippen molar-refractivity contribution in [2.75, 3.05) is 49.9 Å². The molecule has 7 nitrogen and oxygen atoms in total. The number of carbonyl (C=O) groups excluding carboxylic acids is 2. The molecular formula is C20H29N3O4S. The van der Waals surface area contributed by atoms with Crippen molar-refractivity contribution in [1.29, 1.82) is 0 Å². The molecule has 3 rings (SSSR count). The Hall–Kier alpha value is -1.77. The summed E-state index contributed by atoms with van der Waals surface area (Å²) in [6.45, 7) is 5.78. The van der Waals surface area contributed by atoms with Gasteiger partial charge in [0.1, 0.15) is 0 Å². The van der Waals surface area contributed by atoms with Gasteiger partial charge in [0.15, 0.2) is 5.78 Å². The quantitative estimate of drug-likeness (QED) is 0.644. The summed E-state index contributed by atoms with van der Waals surface area (Å²) in [5.74, 6) is 0.198. The summed E-state index contributed by atoms with van der Waals surface area (Å²) in [7, 11) is -3.09. The van der Waals surface area contributed by atoms with Crippen molar-refractivity contribution in [2.45, 2.75) is 32.6 Å². The van der Waals surface area contributed by atoms with E-state index in [1.165, 1.54) is 0 Å². The highest BCUT2D eigenvalue weighted by Gasteiger charge is 2.27. The average molecular weight is 408 g/mol. The topological polar surface area (TPSA) is 78.0 Å². The number of para-hydroxylation sites is 1. The van der Waals surface area contributed by atoms with Gasteiger partial charge in [0.2, 0.25) is 15.9 Å². The second kappa shape index (κ2) is 9.15. The fourth-order valence-electron chi connectivity index (χ4n) is 3.83. The van der Waals surface area contributed by atoms with Gasteiger partial charge < -0.3 is 9.80 Å². The minimum absolute atomic E-state index is 0.0108. The molecule has 8 heteroatoms. The first kappa shape index (κ1) is 21.0. The normalized spacial score (nSPS) is 19.5. The van der Waals surface area contributed by atoms with Crippen molar-refractivity contribution >= 4 is 27.4 Å². The molecule has 1 aromatic carbocycles. The van der Waals surface area contributed by atoms with E-state index in [-0.39, 0.29) is 30.3 Å². The van der Waals surface area contributed by atoms with Crippen LogP contribution in [0.15, 0.2) is 24.3 Å². The van der Waals surface area contributed by atoms with Gasteiger partial charge in [0, 0.05) is 51.1 Å². The number of rotatable bonds is 7. The minimum atomic E-state index is -3.09. The highest BCUT2D eigenvalue weighted by molar-refractivity contribution is 7.89. The smallest absolute Gasteiger partial charge is 0.227 e. The van der Waals surface area contributed by atoms with Gasteiger partial charge in [-0.15, -0.1) is 0 Å². The second-order valence-electron chi connectivity index (χ2n) is 7.33. The third-order valence-corrected chi connectivity index (χ3v) is 7.44. The predicted octanol–water partition coefficient (Wildman–Crippen LogP) is 1.74. The van der Waals surface area contributed by atoms with E-state index in [0.717, 1.165) is 38.2 Å². The van der Waals surface area contributed by atoms with Gasteiger partial charge in [-0.1, -0.05) is 12.1 Å². The monoisotopic (exact) mass is 407 g/mol. The molecule has 0 atom stereocenters. The van der Waals surface area contributed by atoms with Gasteiger partial charge in [0.05, 0.1) is 11.4 Å². The van der Waals surface area contributed by atoms with Crippen LogP contribution in [0.3, 0.4) is 0 Å². The highest BCUT2D eigenvalue weighted by Crippen LogP contribution is 2.27. The molecule has 1 saturated heterocycles. The predicted molar refractivity (Wildman–Crippen MR) is 109 cm³/mol. The van der Waals surface area contributed by atoms with Crippen molar-refractivity contribution < 1.29 is 18.0 Å². The Kier molecular flexibility index (Phi) is 6.85. The first-order valence-electron chi connectivity index (χ1n) is 10.0. The van der Waals surface area contributed by atoms with Crippen LogP contribution in [0.1, 0.15) is 43.0 Å². The summed E-state index contributed by atoms with van der Waals surface area (Å²) in [5.41, 5.74) is 1.37. The number of unbranched alkanes of at least 4 members (excludes halogenated alkanes) is 1. The van der Waals surface area contributed by atoms with Crippen LogP contribution >= 0.6 is 0 Å². The van der Waals surface area contributed by atoms with Crippen LogP contribution < -0.4 is 4.90 Å². The number of hydrogen-bond acceptors (Lipinski definition) is 5. The molecule has 0 saturated carbocycles. The molecule has 1 aromatic rings. The number of sulfonamides is 1. The third-order valence-electron chi connectivity index (χ3n) is 5.56. The number of Topliss-reactive ketones (excluding diaryl/α,β-unsaturated/α-hetero) is 1. The number of nitrogens with zero attached hydrogens (tertiary/aromatic N) is 3. The molecule has 1 fully saturated rings. The number of benzene rings is 1. The number of piperazine rings is 1. The Labute approximate surface area is 167 Å². The molecule has 2 heterocycles. The third kappa shape index (κ3) is 4.79. The first-order chi connectivity index (χ1) is 13.4. The van der Waals surface area contributed by atoms with Crippen LogP contribution in [-0.2, 0) is 14.8 Å². The van der Waals surface area contributed by atoms with Crippen LogP contribution in [0, 0.1) is 0 Å². The Morgan fingerprint density at radius 3 is 2.32 bits per heavy atom. The van der Waals surface area contributed by atoms with Gasteiger partial charge in [-0.25, -0.2) is 8.42 Å². The fourth-order valence-corrected chi connectivity index (χ4v) is 4.92. The van der Waals surface area contributed by atoms with Crippen LogP contribution in [0.5, 0.6) is 0 Å². The summed E-state index contributed by atoms with van der Waals surface area (Å²) >= 11 is 0. The van der Waals surface area contributed by atoms with Crippen LogP contribution in [0.2, 0.25) is 0 Å². The molecular weight excluding hydrogens is 378 g/mol. The maximum Gasteiger partial charge on any atom is 0.227 e. The standard InChI is InChI=1S/C20H29N3O4S/c1-2-28(26,27)22-15-13-21(14-16-22)11-5-6-12-23-18-8-4-3-7-17(18)19(24)9-10-20(23)25/h3-4,7-8H,2,5-6,9-16H2,1H3. The number of fused-ring (bicyclic) bond motifs is 1. The van der Waals surface area contributed by atoms with E-state index in [1.807, 2.05) is 18.2 Å². The number of hydrogen-bond donors (Lipinski definition) is 0. The maximum absolute atomic E-state index is 12.5. The van der Waals surface area contributed by atoms with Crippen LogP contribution in [0.25, 0.3) is 0 Å². The Bertz CT molecular complexity index is 816. The molecule has 28 heavy (non-hydrogen) atoms. The van der Waals surface area contributed by atoms with E-state index >= 15 is 0 Å². The zero-order chi connectivity index (χ0) is 20.1. The minimum Gasteiger partial charge on any atom is -0.312 e. The zero-order valence-electron chi connectivity index (χ0n) is 16.5. The van der Waals surface area contributed by atoms with E-state index in [2.05, 4.69) is 4.90 Å². The van der Waals surface area contributed by atoms with Gasteiger partial charge >= 0.3 is 0 Å². The Morgan fingerprint density at radius 2 is 1.61 bits per heavy atom. The second-order valence-corrected chi connectivity index (χ2v) is 9.59. The van der Waals surface area contributed by atoms with E-state index in [0.29, 0.717) is 25.2 Å². The van der Waals surface area contributed by atoms with Crippen LogP contribution in [-0.4, -0.2) is 74.3 Å². The first-order valence-corrected chi connectivity index (χ1v) is 11.7. The van der Waals surface area contributed by atoms with Crippen molar-refractivity contribution in [3.05, 3.63) is 29.8 Å². The lowest BCUT2D eigenvalue weighted by molar-refractivity contribution is -0.118. The van der Waals surface area contributed by atoms with Crippen molar-refractivity contribution in [3.63, 3.8) is 0 Å². The fraction of sp³-hybridized carbons (Fsp3) is 0.600. The molecule has 0 bridgehead atoms. The number of anilines is 1. The van der Waals surface area contributed by atoms with Gasteiger partial charge in [-0.2, -0.15) is 4.31 Å². The van der Waals surface area contributed by atoms with Crippen LogP contribution in [0.4, 0.5) is 5.69 Å². The zero-order valence-corrected chi connectivity index (χ0v) is 17.3. The molecule has 0 aliphatic carbocycles. The van der Waals surface area contributed by atoms with E-state index in [1.54, 1.807) is 22.2 Å². The molecule has 2 aliphatic rings. The molecule has 0 aromatic heterocycles. The molecule has 0 spiro atoms. The molecule has 2 aliphatic heterocycles. The lowest BCUT2D eigenvalue weighted by atomic mass is 10.1. The Morgan fingerprint density at radius 1 is 0.929 bits per heavy atom. The van der Waals surface area contributed by atoms with E-state index in [9.17, 15) is 18.0 Å². The Balaban J connectivity index is 1.48. The largest absolute Gasteiger partial charge is 0.312 e. The molecule has 1 amide bonds. The van der Waals surface area contributed by atoms with Gasteiger partial charge in [-0.3, -0.25) is 9.59 Å². The van der Waals surface area contributed by atoms with Gasteiger partial charge in [0.25, 0.3) is 0 Å².